The molecular formula is C15H25NO3. The first kappa shape index (κ1) is 14.4. The highest BCUT2D eigenvalue weighted by Gasteiger charge is 2.44. The van der Waals surface area contributed by atoms with Gasteiger partial charge in [0.25, 0.3) is 0 Å². The Morgan fingerprint density at radius 1 is 1.16 bits per heavy atom. The fraction of sp³-hybridized carbons (Fsp3) is 0.867. The first-order valence-electron chi connectivity index (χ1n) is 7.54. The van der Waals surface area contributed by atoms with Crippen molar-refractivity contribution in [2.45, 2.75) is 58.4 Å². The summed E-state index contributed by atoms with van der Waals surface area (Å²) in [7, 11) is 0. The van der Waals surface area contributed by atoms with Crippen LogP contribution in [-0.4, -0.2) is 34.5 Å². The molecule has 0 bridgehead atoms. The number of carboxylic acids is 1. The number of carboxylic acid groups (broad SMARTS) is 1. The van der Waals surface area contributed by atoms with Gasteiger partial charge in [0, 0.05) is 12.6 Å². The largest absolute Gasteiger partial charge is 0.481 e. The van der Waals surface area contributed by atoms with Crippen LogP contribution in [0.15, 0.2) is 0 Å². The van der Waals surface area contributed by atoms with Crippen molar-refractivity contribution in [2.24, 2.45) is 17.8 Å². The van der Waals surface area contributed by atoms with Gasteiger partial charge < -0.3 is 10.0 Å². The van der Waals surface area contributed by atoms with Gasteiger partial charge in [-0.2, -0.15) is 0 Å². The number of aliphatic carboxylic acids is 1. The van der Waals surface area contributed by atoms with Gasteiger partial charge in [-0.3, -0.25) is 9.59 Å². The molecule has 1 heterocycles. The van der Waals surface area contributed by atoms with Crippen molar-refractivity contribution >= 4 is 11.9 Å². The Labute approximate surface area is 115 Å². The Morgan fingerprint density at radius 2 is 1.84 bits per heavy atom. The van der Waals surface area contributed by atoms with Crippen molar-refractivity contribution in [1.29, 1.82) is 0 Å². The summed E-state index contributed by atoms with van der Waals surface area (Å²) in [6.07, 6.45) is 5.78. The predicted octanol–water partition coefficient (Wildman–Crippen LogP) is 2.52. The van der Waals surface area contributed by atoms with Crippen LogP contribution < -0.4 is 0 Å². The standard InChI is InChI=1S/C15H25NO3/c1-10(2)9-11-5-3-4-8-16(11)14(17)12-6-7-13(12)15(18)19/h10-13H,3-9H2,1-2H3,(H,18,19). The molecule has 4 heteroatoms. The molecule has 1 aliphatic heterocycles. The van der Waals surface area contributed by atoms with Gasteiger partial charge in [0.05, 0.1) is 11.8 Å². The van der Waals surface area contributed by atoms with E-state index in [1.54, 1.807) is 0 Å². The maximum Gasteiger partial charge on any atom is 0.307 e. The number of amides is 1. The molecule has 0 aromatic carbocycles. The zero-order chi connectivity index (χ0) is 14.0. The van der Waals surface area contributed by atoms with Crippen LogP contribution in [0, 0.1) is 17.8 Å². The molecule has 1 aliphatic carbocycles. The number of carbonyl (C=O) groups is 2. The molecule has 0 aromatic heterocycles. The maximum atomic E-state index is 12.5. The van der Waals surface area contributed by atoms with E-state index in [0.29, 0.717) is 18.4 Å². The zero-order valence-corrected chi connectivity index (χ0v) is 12.0. The second-order valence-corrected chi connectivity index (χ2v) is 6.44. The van der Waals surface area contributed by atoms with Crippen molar-refractivity contribution in [3.05, 3.63) is 0 Å². The van der Waals surface area contributed by atoms with E-state index in [9.17, 15) is 9.59 Å². The third-order valence-corrected chi connectivity index (χ3v) is 4.56. The summed E-state index contributed by atoms with van der Waals surface area (Å²) < 4.78 is 0. The SMILES string of the molecule is CC(C)CC1CCCCN1C(=O)C1CCC1C(=O)O. The third-order valence-electron chi connectivity index (χ3n) is 4.56. The summed E-state index contributed by atoms with van der Waals surface area (Å²) in [4.78, 5) is 25.6. The summed E-state index contributed by atoms with van der Waals surface area (Å²) >= 11 is 0. The molecule has 108 valence electrons. The van der Waals surface area contributed by atoms with Gasteiger partial charge in [0.1, 0.15) is 0 Å². The zero-order valence-electron chi connectivity index (χ0n) is 12.0. The average Bonchev–Trinajstić information content (AvgIpc) is 2.26. The lowest BCUT2D eigenvalue weighted by atomic mass is 9.72. The number of hydrogen-bond donors (Lipinski definition) is 1. The van der Waals surface area contributed by atoms with Crippen LogP contribution in [0.5, 0.6) is 0 Å². The molecule has 1 N–H and O–H groups in total. The fourth-order valence-corrected chi connectivity index (χ4v) is 3.38. The highest BCUT2D eigenvalue weighted by Crippen LogP contribution is 2.37. The van der Waals surface area contributed by atoms with Crippen LogP contribution in [-0.2, 0) is 9.59 Å². The van der Waals surface area contributed by atoms with Crippen LogP contribution in [0.1, 0.15) is 52.4 Å². The Morgan fingerprint density at radius 3 is 2.37 bits per heavy atom. The normalized spacial score (nSPS) is 31.1. The lowest BCUT2D eigenvalue weighted by Crippen LogP contribution is -2.51. The maximum absolute atomic E-state index is 12.5. The van der Waals surface area contributed by atoms with E-state index in [-0.39, 0.29) is 11.8 Å². The highest BCUT2D eigenvalue weighted by molar-refractivity contribution is 5.86. The van der Waals surface area contributed by atoms with Gasteiger partial charge in [-0.1, -0.05) is 13.8 Å². The molecule has 2 rings (SSSR count). The number of hydrogen-bond acceptors (Lipinski definition) is 2. The Balaban J connectivity index is 2.01. The molecule has 0 radical (unpaired) electrons. The van der Waals surface area contributed by atoms with Crippen LogP contribution >= 0.6 is 0 Å². The van der Waals surface area contributed by atoms with Crippen LogP contribution in [0.3, 0.4) is 0 Å². The predicted molar refractivity (Wildman–Crippen MR) is 72.7 cm³/mol. The van der Waals surface area contributed by atoms with E-state index < -0.39 is 11.9 Å². The van der Waals surface area contributed by atoms with E-state index in [0.717, 1.165) is 32.2 Å². The Bertz CT molecular complexity index is 353. The van der Waals surface area contributed by atoms with E-state index in [1.807, 2.05) is 4.90 Å². The van der Waals surface area contributed by atoms with Gasteiger partial charge in [-0.15, -0.1) is 0 Å². The summed E-state index contributed by atoms with van der Waals surface area (Å²) in [6.45, 7) is 5.18. The molecule has 3 atom stereocenters. The van der Waals surface area contributed by atoms with Crippen molar-refractivity contribution in [3.8, 4) is 0 Å². The quantitative estimate of drug-likeness (QED) is 0.851. The van der Waals surface area contributed by atoms with E-state index in [4.69, 9.17) is 5.11 Å². The fourth-order valence-electron chi connectivity index (χ4n) is 3.38. The number of nitrogens with zero attached hydrogens (tertiary/aromatic N) is 1. The minimum absolute atomic E-state index is 0.101. The summed E-state index contributed by atoms with van der Waals surface area (Å²) in [5.74, 6) is -0.819. The summed E-state index contributed by atoms with van der Waals surface area (Å²) in [5.41, 5.74) is 0. The highest BCUT2D eigenvalue weighted by atomic mass is 16.4. The summed E-state index contributed by atoms with van der Waals surface area (Å²) in [6, 6.07) is 0.330. The van der Waals surface area contributed by atoms with Crippen molar-refractivity contribution in [3.63, 3.8) is 0 Å². The lowest BCUT2D eigenvalue weighted by Gasteiger charge is -2.42. The van der Waals surface area contributed by atoms with Crippen molar-refractivity contribution < 1.29 is 14.7 Å². The third kappa shape index (κ3) is 3.10. The smallest absolute Gasteiger partial charge is 0.307 e. The lowest BCUT2D eigenvalue weighted by molar-refractivity contribution is -0.158. The Kier molecular flexibility index (Phi) is 4.48. The van der Waals surface area contributed by atoms with Gasteiger partial charge in [-0.05, 0) is 44.4 Å². The van der Waals surface area contributed by atoms with Crippen molar-refractivity contribution in [1.82, 2.24) is 4.90 Å². The van der Waals surface area contributed by atoms with Crippen molar-refractivity contribution in [2.75, 3.05) is 6.54 Å². The summed E-state index contributed by atoms with van der Waals surface area (Å²) in [5, 5.41) is 9.09. The molecule has 0 aromatic rings. The van der Waals surface area contributed by atoms with Gasteiger partial charge in [0.2, 0.25) is 5.91 Å². The van der Waals surface area contributed by atoms with E-state index in [1.165, 1.54) is 6.42 Å². The monoisotopic (exact) mass is 267 g/mol. The first-order valence-corrected chi connectivity index (χ1v) is 7.54. The number of piperidine rings is 1. The van der Waals surface area contributed by atoms with E-state index >= 15 is 0 Å². The topological polar surface area (TPSA) is 57.6 Å². The van der Waals surface area contributed by atoms with Gasteiger partial charge in [0.15, 0.2) is 0 Å². The minimum Gasteiger partial charge on any atom is -0.481 e. The second-order valence-electron chi connectivity index (χ2n) is 6.44. The van der Waals surface area contributed by atoms with Gasteiger partial charge in [-0.25, -0.2) is 0 Å². The molecule has 19 heavy (non-hydrogen) atoms. The number of rotatable bonds is 4. The molecule has 4 nitrogen and oxygen atoms in total. The second kappa shape index (κ2) is 5.93. The molecular weight excluding hydrogens is 242 g/mol. The van der Waals surface area contributed by atoms with E-state index in [2.05, 4.69) is 13.8 Å². The number of carbonyl (C=O) groups excluding carboxylic acids is 1. The van der Waals surface area contributed by atoms with Crippen LogP contribution in [0.2, 0.25) is 0 Å². The molecule has 0 spiro atoms. The first-order chi connectivity index (χ1) is 9.00. The molecule has 1 saturated heterocycles. The van der Waals surface area contributed by atoms with Crippen LogP contribution in [0.25, 0.3) is 0 Å². The van der Waals surface area contributed by atoms with Crippen LogP contribution in [0.4, 0.5) is 0 Å². The molecule has 2 aliphatic rings. The number of likely N-dealkylation sites (tertiary alicyclic amines) is 1. The van der Waals surface area contributed by atoms with Gasteiger partial charge >= 0.3 is 5.97 Å². The minimum atomic E-state index is -0.804. The average molecular weight is 267 g/mol. The molecule has 3 unspecified atom stereocenters. The Hall–Kier alpha value is -1.06. The molecule has 1 saturated carbocycles. The molecule has 2 fully saturated rings. The molecule has 1 amide bonds.